The number of amides is 2. The molecular formula is C35H38ClN3O4S. The number of sulfonamides is 1. The number of nitrogens with zero attached hydrogens (tertiary/aromatic N) is 2. The molecule has 0 fully saturated rings. The van der Waals surface area contributed by atoms with Crippen LogP contribution in [-0.4, -0.2) is 43.8 Å². The maximum atomic E-state index is 14.5. The molecule has 0 saturated heterocycles. The van der Waals surface area contributed by atoms with E-state index in [1.165, 1.54) is 17.0 Å². The highest BCUT2D eigenvalue weighted by molar-refractivity contribution is 7.92. The number of anilines is 1. The average molecular weight is 632 g/mol. The van der Waals surface area contributed by atoms with Gasteiger partial charge in [-0.25, -0.2) is 8.42 Å². The van der Waals surface area contributed by atoms with Gasteiger partial charge < -0.3 is 10.2 Å². The lowest BCUT2D eigenvalue weighted by atomic mass is 10.0. The van der Waals surface area contributed by atoms with Crippen LogP contribution in [0.25, 0.3) is 0 Å². The molecule has 0 aromatic heterocycles. The van der Waals surface area contributed by atoms with Crippen molar-refractivity contribution in [2.45, 2.75) is 57.6 Å². The molecule has 9 heteroatoms. The summed E-state index contributed by atoms with van der Waals surface area (Å²) in [7, 11) is -4.20. The third-order valence-corrected chi connectivity index (χ3v) is 9.36. The summed E-state index contributed by atoms with van der Waals surface area (Å²) in [5, 5.41) is 3.31. The van der Waals surface area contributed by atoms with Crippen molar-refractivity contribution in [3.63, 3.8) is 0 Å². The molecule has 4 aromatic rings. The second-order valence-corrected chi connectivity index (χ2v) is 13.4. The first-order valence-corrected chi connectivity index (χ1v) is 16.3. The quantitative estimate of drug-likeness (QED) is 0.198. The Kier molecular flexibility index (Phi) is 10.8. The number of carbonyl (C=O) groups is 2. The van der Waals surface area contributed by atoms with Crippen LogP contribution in [0.15, 0.2) is 108 Å². The first-order valence-electron chi connectivity index (χ1n) is 14.5. The zero-order chi connectivity index (χ0) is 31.9. The van der Waals surface area contributed by atoms with E-state index in [0.717, 1.165) is 21.0 Å². The van der Waals surface area contributed by atoms with Gasteiger partial charge in [-0.15, -0.1) is 0 Å². The molecule has 1 N–H and O–H groups in total. The Morgan fingerprint density at radius 3 is 2.07 bits per heavy atom. The number of aryl methyl sites for hydroxylation is 2. The standard InChI is InChI=1S/C35H38ClN3O4S/c1-25(2)37-35(41)33(21-28-14-7-5-8-15-28)38(23-29-16-12-11-13-26(29)3)34(40)24-39(32-22-30(36)20-19-27(32)4)44(42,43)31-17-9-6-10-18-31/h5-20,22,25,33H,21,23-24H2,1-4H3,(H,37,41)/t33-/m0/s1. The van der Waals surface area contributed by atoms with Crippen LogP contribution in [0.5, 0.6) is 0 Å². The number of hydrogen-bond donors (Lipinski definition) is 1. The van der Waals surface area contributed by atoms with Crippen LogP contribution in [0, 0.1) is 13.8 Å². The number of halogens is 1. The van der Waals surface area contributed by atoms with Crippen molar-refractivity contribution in [2.24, 2.45) is 0 Å². The number of nitrogens with one attached hydrogen (secondary N) is 1. The van der Waals surface area contributed by atoms with E-state index in [1.807, 2.05) is 75.4 Å². The van der Waals surface area contributed by atoms with Crippen molar-refractivity contribution in [3.8, 4) is 0 Å². The predicted octanol–water partition coefficient (Wildman–Crippen LogP) is 6.32. The summed E-state index contributed by atoms with van der Waals surface area (Å²) in [6.45, 7) is 7.01. The minimum Gasteiger partial charge on any atom is -0.352 e. The number of rotatable bonds is 12. The van der Waals surface area contributed by atoms with Gasteiger partial charge in [-0.2, -0.15) is 0 Å². The lowest BCUT2D eigenvalue weighted by Gasteiger charge is -2.34. The molecule has 0 radical (unpaired) electrons. The van der Waals surface area contributed by atoms with Gasteiger partial charge in [0.15, 0.2) is 0 Å². The summed E-state index contributed by atoms with van der Waals surface area (Å²) in [6, 6.07) is 29.0. The molecule has 0 aliphatic heterocycles. The van der Waals surface area contributed by atoms with Gasteiger partial charge in [0.1, 0.15) is 12.6 Å². The average Bonchev–Trinajstić information content (AvgIpc) is 3.00. The van der Waals surface area contributed by atoms with E-state index < -0.39 is 28.5 Å². The fourth-order valence-corrected chi connectivity index (χ4v) is 6.65. The highest BCUT2D eigenvalue weighted by Gasteiger charge is 2.35. The van der Waals surface area contributed by atoms with Crippen LogP contribution in [0.4, 0.5) is 5.69 Å². The van der Waals surface area contributed by atoms with Crippen LogP contribution >= 0.6 is 11.6 Å². The molecule has 4 aromatic carbocycles. The van der Waals surface area contributed by atoms with Gasteiger partial charge in [0, 0.05) is 24.0 Å². The number of hydrogen-bond acceptors (Lipinski definition) is 4. The van der Waals surface area contributed by atoms with Crippen molar-refractivity contribution in [2.75, 3.05) is 10.8 Å². The van der Waals surface area contributed by atoms with Gasteiger partial charge >= 0.3 is 0 Å². The minimum atomic E-state index is -4.20. The summed E-state index contributed by atoms with van der Waals surface area (Å²) < 4.78 is 29.4. The lowest BCUT2D eigenvalue weighted by molar-refractivity contribution is -0.140. The molecule has 1 atom stereocenters. The first kappa shape index (κ1) is 32.8. The number of carbonyl (C=O) groups excluding carboxylic acids is 2. The molecule has 0 bridgehead atoms. The van der Waals surface area contributed by atoms with E-state index in [1.54, 1.807) is 43.3 Å². The molecular weight excluding hydrogens is 594 g/mol. The monoisotopic (exact) mass is 631 g/mol. The van der Waals surface area contributed by atoms with Gasteiger partial charge in [0.25, 0.3) is 10.0 Å². The zero-order valence-corrected chi connectivity index (χ0v) is 27.0. The Bertz CT molecular complexity index is 1700. The molecule has 0 aliphatic rings. The van der Waals surface area contributed by atoms with Crippen LogP contribution in [0.2, 0.25) is 5.02 Å². The Balaban J connectivity index is 1.84. The van der Waals surface area contributed by atoms with Gasteiger partial charge in [0.2, 0.25) is 11.8 Å². The van der Waals surface area contributed by atoms with Crippen LogP contribution in [0.3, 0.4) is 0 Å². The second-order valence-electron chi connectivity index (χ2n) is 11.1. The van der Waals surface area contributed by atoms with Crippen LogP contribution in [0.1, 0.15) is 36.1 Å². The Hall–Kier alpha value is -4.14. The van der Waals surface area contributed by atoms with Crippen LogP contribution in [-0.2, 0) is 32.6 Å². The maximum absolute atomic E-state index is 14.5. The topological polar surface area (TPSA) is 86.8 Å². The Labute approximate surface area is 265 Å². The third kappa shape index (κ3) is 8.07. The van der Waals surface area contributed by atoms with E-state index in [9.17, 15) is 18.0 Å². The predicted molar refractivity (Wildman–Crippen MR) is 176 cm³/mol. The summed E-state index contributed by atoms with van der Waals surface area (Å²) in [5.41, 5.74) is 3.60. The smallest absolute Gasteiger partial charge is 0.264 e. The summed E-state index contributed by atoms with van der Waals surface area (Å²) in [4.78, 5) is 29.9. The SMILES string of the molecule is Cc1ccccc1CN(C(=O)CN(c1cc(Cl)ccc1C)S(=O)(=O)c1ccccc1)[C@@H](Cc1ccccc1)C(=O)NC(C)C. The van der Waals surface area contributed by atoms with Crippen molar-refractivity contribution >= 4 is 39.1 Å². The van der Waals surface area contributed by atoms with Crippen molar-refractivity contribution in [1.82, 2.24) is 10.2 Å². The molecule has 0 heterocycles. The number of benzene rings is 4. The largest absolute Gasteiger partial charge is 0.352 e. The van der Waals surface area contributed by atoms with E-state index in [2.05, 4.69) is 5.32 Å². The maximum Gasteiger partial charge on any atom is 0.264 e. The van der Waals surface area contributed by atoms with E-state index in [4.69, 9.17) is 11.6 Å². The molecule has 7 nitrogen and oxygen atoms in total. The molecule has 0 aliphatic carbocycles. The van der Waals surface area contributed by atoms with Gasteiger partial charge in [-0.3, -0.25) is 13.9 Å². The molecule has 0 unspecified atom stereocenters. The van der Waals surface area contributed by atoms with Crippen molar-refractivity contribution in [1.29, 1.82) is 0 Å². The highest BCUT2D eigenvalue weighted by Crippen LogP contribution is 2.30. The lowest BCUT2D eigenvalue weighted by Crippen LogP contribution is -2.54. The van der Waals surface area contributed by atoms with Gasteiger partial charge in [-0.1, -0.05) is 90.5 Å². The summed E-state index contributed by atoms with van der Waals surface area (Å²) in [5.74, 6) is -0.839. The fourth-order valence-electron chi connectivity index (χ4n) is 4.99. The van der Waals surface area contributed by atoms with E-state index >= 15 is 0 Å². The third-order valence-electron chi connectivity index (χ3n) is 7.35. The summed E-state index contributed by atoms with van der Waals surface area (Å²) in [6.07, 6.45) is 0.249. The molecule has 44 heavy (non-hydrogen) atoms. The highest BCUT2D eigenvalue weighted by atomic mass is 35.5. The normalized spacial score (nSPS) is 12.0. The van der Waals surface area contributed by atoms with Gasteiger partial charge in [0.05, 0.1) is 10.6 Å². The molecule has 2 amide bonds. The van der Waals surface area contributed by atoms with E-state index in [-0.39, 0.29) is 35.5 Å². The summed E-state index contributed by atoms with van der Waals surface area (Å²) >= 11 is 6.34. The van der Waals surface area contributed by atoms with Gasteiger partial charge in [-0.05, 0) is 74.2 Å². The second kappa shape index (κ2) is 14.6. The molecule has 0 spiro atoms. The molecule has 0 saturated carbocycles. The van der Waals surface area contributed by atoms with Crippen LogP contribution < -0.4 is 9.62 Å². The van der Waals surface area contributed by atoms with Crippen molar-refractivity contribution in [3.05, 3.63) is 130 Å². The van der Waals surface area contributed by atoms with Crippen molar-refractivity contribution < 1.29 is 18.0 Å². The molecule has 4 rings (SSSR count). The zero-order valence-electron chi connectivity index (χ0n) is 25.4. The minimum absolute atomic E-state index is 0.0380. The van der Waals surface area contributed by atoms with E-state index in [0.29, 0.717) is 10.6 Å². The molecule has 230 valence electrons. The first-order chi connectivity index (χ1) is 21.0. The fraction of sp³-hybridized carbons (Fsp3) is 0.257. The Morgan fingerprint density at radius 2 is 1.43 bits per heavy atom. The Morgan fingerprint density at radius 1 is 0.818 bits per heavy atom.